The Morgan fingerprint density at radius 3 is 2.41 bits per heavy atom. The molecule has 1 aliphatic rings. The minimum Gasteiger partial charge on any atom is -0.331 e. The lowest BCUT2D eigenvalue weighted by atomic mass is 9.94. The van der Waals surface area contributed by atoms with Crippen LogP contribution in [0, 0.1) is 11.3 Å². The Labute approximate surface area is 130 Å². The number of nitriles is 1. The summed E-state index contributed by atoms with van der Waals surface area (Å²) in [5.74, 6) is -0.257. The van der Waals surface area contributed by atoms with Gasteiger partial charge in [-0.1, -0.05) is 19.3 Å². The van der Waals surface area contributed by atoms with Gasteiger partial charge >= 0.3 is 0 Å². The monoisotopic (exact) mass is 299 g/mol. The average Bonchev–Trinajstić information content (AvgIpc) is 2.54. The van der Waals surface area contributed by atoms with E-state index in [9.17, 15) is 9.59 Å². The van der Waals surface area contributed by atoms with Gasteiger partial charge in [0, 0.05) is 18.7 Å². The number of carbonyl (C=O) groups is 2. The maximum Gasteiger partial charge on any atom is 0.244 e. The van der Waals surface area contributed by atoms with Crippen molar-refractivity contribution in [3.8, 4) is 6.07 Å². The van der Waals surface area contributed by atoms with Crippen molar-refractivity contribution in [2.75, 3.05) is 11.9 Å². The summed E-state index contributed by atoms with van der Waals surface area (Å²) in [5.41, 5.74) is 1.18. The Kier molecular flexibility index (Phi) is 5.54. The Bertz CT molecular complexity index is 569. The lowest BCUT2D eigenvalue weighted by Crippen LogP contribution is -2.44. The molecule has 1 aliphatic carbocycles. The van der Waals surface area contributed by atoms with Crippen molar-refractivity contribution in [3.63, 3.8) is 0 Å². The summed E-state index contributed by atoms with van der Waals surface area (Å²) in [6.45, 7) is 1.60. The van der Waals surface area contributed by atoms with Gasteiger partial charge in [-0.25, -0.2) is 0 Å². The molecular weight excluding hydrogens is 278 g/mol. The summed E-state index contributed by atoms with van der Waals surface area (Å²) >= 11 is 0. The molecule has 116 valence electrons. The van der Waals surface area contributed by atoms with Crippen LogP contribution in [-0.2, 0) is 9.59 Å². The fourth-order valence-corrected chi connectivity index (χ4v) is 2.87. The molecule has 0 aliphatic heterocycles. The SMILES string of the molecule is CC(=O)N(CC(=O)Nc1ccc(C#N)cc1)C1CCCCC1. The topological polar surface area (TPSA) is 73.2 Å². The number of amides is 2. The summed E-state index contributed by atoms with van der Waals surface area (Å²) in [7, 11) is 0. The van der Waals surface area contributed by atoms with E-state index < -0.39 is 0 Å². The van der Waals surface area contributed by atoms with Crippen LogP contribution >= 0.6 is 0 Å². The molecule has 0 bridgehead atoms. The second kappa shape index (κ2) is 7.60. The second-order valence-corrected chi connectivity index (χ2v) is 5.68. The molecule has 0 saturated heterocycles. The van der Waals surface area contributed by atoms with Gasteiger partial charge in [0.05, 0.1) is 11.6 Å². The summed E-state index contributed by atoms with van der Waals surface area (Å²) in [6, 6.07) is 8.89. The average molecular weight is 299 g/mol. The molecule has 2 rings (SSSR count). The first-order valence-corrected chi connectivity index (χ1v) is 7.67. The molecule has 22 heavy (non-hydrogen) atoms. The number of benzene rings is 1. The van der Waals surface area contributed by atoms with Crippen LogP contribution in [0.15, 0.2) is 24.3 Å². The zero-order chi connectivity index (χ0) is 15.9. The minimum atomic E-state index is -0.203. The van der Waals surface area contributed by atoms with E-state index >= 15 is 0 Å². The largest absolute Gasteiger partial charge is 0.331 e. The molecule has 1 aromatic carbocycles. The molecule has 0 radical (unpaired) electrons. The smallest absolute Gasteiger partial charge is 0.244 e. The molecule has 0 heterocycles. The fourth-order valence-electron chi connectivity index (χ4n) is 2.87. The maximum absolute atomic E-state index is 12.2. The molecule has 5 nitrogen and oxygen atoms in total. The first-order valence-electron chi connectivity index (χ1n) is 7.67. The summed E-state index contributed by atoms with van der Waals surface area (Å²) in [6.07, 6.45) is 5.39. The third-order valence-electron chi connectivity index (χ3n) is 4.03. The number of nitrogens with zero attached hydrogens (tertiary/aromatic N) is 2. The molecule has 2 amide bonds. The van der Waals surface area contributed by atoms with E-state index in [2.05, 4.69) is 5.32 Å². The third kappa shape index (κ3) is 4.32. The van der Waals surface area contributed by atoms with Gasteiger partial charge in [-0.2, -0.15) is 5.26 Å². The Balaban J connectivity index is 1.95. The molecule has 0 atom stereocenters. The van der Waals surface area contributed by atoms with Crippen molar-refractivity contribution < 1.29 is 9.59 Å². The zero-order valence-electron chi connectivity index (χ0n) is 12.8. The van der Waals surface area contributed by atoms with Gasteiger partial charge < -0.3 is 10.2 Å². The van der Waals surface area contributed by atoms with Crippen LogP contribution in [0.1, 0.15) is 44.6 Å². The van der Waals surface area contributed by atoms with Crippen molar-refractivity contribution in [1.82, 2.24) is 4.90 Å². The predicted molar refractivity (Wildman–Crippen MR) is 84.0 cm³/mol. The van der Waals surface area contributed by atoms with Gasteiger partial charge in [0.15, 0.2) is 0 Å². The van der Waals surface area contributed by atoms with Crippen LogP contribution in [0.2, 0.25) is 0 Å². The molecule has 1 aromatic rings. The Morgan fingerprint density at radius 2 is 1.86 bits per heavy atom. The standard InChI is InChI=1S/C17H21N3O2/c1-13(21)20(16-5-3-2-4-6-16)12-17(22)19-15-9-7-14(11-18)8-10-15/h7-10,16H,2-6,12H2,1H3,(H,19,22). The van der Waals surface area contributed by atoms with Gasteiger partial charge in [-0.3, -0.25) is 9.59 Å². The van der Waals surface area contributed by atoms with Gasteiger partial charge in [0.1, 0.15) is 6.54 Å². The lowest BCUT2D eigenvalue weighted by Gasteiger charge is -2.33. The van der Waals surface area contributed by atoms with E-state index in [4.69, 9.17) is 5.26 Å². The van der Waals surface area contributed by atoms with Gasteiger partial charge in [0.2, 0.25) is 11.8 Å². The lowest BCUT2D eigenvalue weighted by molar-refractivity contribution is -0.135. The number of nitrogens with one attached hydrogen (secondary N) is 1. The van der Waals surface area contributed by atoms with Crippen molar-refractivity contribution in [2.24, 2.45) is 0 Å². The minimum absolute atomic E-state index is 0.0538. The highest BCUT2D eigenvalue weighted by Crippen LogP contribution is 2.22. The van der Waals surface area contributed by atoms with Crippen LogP contribution in [0.25, 0.3) is 0 Å². The van der Waals surface area contributed by atoms with Crippen LogP contribution in [0.5, 0.6) is 0 Å². The zero-order valence-corrected chi connectivity index (χ0v) is 12.8. The molecule has 0 unspecified atom stereocenters. The highest BCUT2D eigenvalue weighted by atomic mass is 16.2. The molecule has 1 saturated carbocycles. The molecule has 0 spiro atoms. The predicted octanol–water partition coefficient (Wildman–Crippen LogP) is 2.68. The number of anilines is 1. The van der Waals surface area contributed by atoms with Crippen molar-refractivity contribution in [3.05, 3.63) is 29.8 Å². The van der Waals surface area contributed by atoms with Crippen LogP contribution in [0.4, 0.5) is 5.69 Å². The van der Waals surface area contributed by atoms with Crippen molar-refractivity contribution >= 4 is 17.5 Å². The Morgan fingerprint density at radius 1 is 1.23 bits per heavy atom. The van der Waals surface area contributed by atoms with Crippen molar-refractivity contribution in [2.45, 2.75) is 45.1 Å². The number of carbonyl (C=O) groups excluding carboxylic acids is 2. The van der Waals surface area contributed by atoms with E-state index in [1.54, 1.807) is 29.2 Å². The van der Waals surface area contributed by atoms with E-state index in [0.717, 1.165) is 25.7 Å². The van der Waals surface area contributed by atoms with Gasteiger partial charge in [-0.15, -0.1) is 0 Å². The molecule has 1 fully saturated rings. The van der Waals surface area contributed by atoms with Gasteiger partial charge in [-0.05, 0) is 37.1 Å². The van der Waals surface area contributed by atoms with E-state index in [-0.39, 0.29) is 24.4 Å². The summed E-state index contributed by atoms with van der Waals surface area (Å²) in [5, 5.41) is 11.5. The fraction of sp³-hybridized carbons (Fsp3) is 0.471. The third-order valence-corrected chi connectivity index (χ3v) is 4.03. The van der Waals surface area contributed by atoms with E-state index in [1.807, 2.05) is 6.07 Å². The highest BCUT2D eigenvalue weighted by molar-refractivity contribution is 5.94. The van der Waals surface area contributed by atoms with E-state index in [0.29, 0.717) is 11.3 Å². The normalized spacial score (nSPS) is 14.9. The van der Waals surface area contributed by atoms with Crippen LogP contribution < -0.4 is 5.32 Å². The maximum atomic E-state index is 12.2. The molecule has 1 N–H and O–H groups in total. The van der Waals surface area contributed by atoms with E-state index in [1.165, 1.54) is 13.3 Å². The quantitative estimate of drug-likeness (QED) is 0.929. The number of rotatable bonds is 4. The van der Waals surface area contributed by atoms with Crippen LogP contribution in [-0.4, -0.2) is 29.3 Å². The first-order chi connectivity index (χ1) is 10.6. The van der Waals surface area contributed by atoms with Gasteiger partial charge in [0.25, 0.3) is 0 Å². The highest BCUT2D eigenvalue weighted by Gasteiger charge is 2.24. The molecular formula is C17H21N3O2. The summed E-state index contributed by atoms with van der Waals surface area (Å²) < 4.78 is 0. The number of hydrogen-bond donors (Lipinski definition) is 1. The van der Waals surface area contributed by atoms with Crippen molar-refractivity contribution in [1.29, 1.82) is 5.26 Å². The Hall–Kier alpha value is -2.35. The van der Waals surface area contributed by atoms with Crippen LogP contribution in [0.3, 0.4) is 0 Å². The summed E-state index contributed by atoms with van der Waals surface area (Å²) in [4.78, 5) is 25.7. The second-order valence-electron chi connectivity index (χ2n) is 5.68. The molecule has 5 heteroatoms. The number of hydrogen-bond acceptors (Lipinski definition) is 3. The first kappa shape index (κ1) is 16.0. The molecule has 0 aromatic heterocycles.